The molecule has 0 spiro atoms. The lowest BCUT2D eigenvalue weighted by Gasteiger charge is -2.29. The normalized spacial score (nSPS) is 12.7. The number of likely N-dealkylation sites (N-methyl/N-ethyl adjacent to an activating group) is 1. The molecule has 29 heavy (non-hydrogen) atoms. The third kappa shape index (κ3) is 5.62. The number of hydrogen-bond acceptors (Lipinski definition) is 6. The molecule has 7 nitrogen and oxygen atoms in total. The van der Waals surface area contributed by atoms with Crippen molar-refractivity contribution in [3.63, 3.8) is 0 Å². The van der Waals surface area contributed by atoms with Crippen LogP contribution in [0.1, 0.15) is 18.4 Å². The number of benzene rings is 1. The van der Waals surface area contributed by atoms with Gasteiger partial charge < -0.3 is 19.9 Å². The number of pyridine rings is 1. The van der Waals surface area contributed by atoms with Crippen molar-refractivity contribution in [1.29, 1.82) is 5.26 Å². The summed E-state index contributed by atoms with van der Waals surface area (Å²) < 4.78 is 0. The number of aldehydes is 1. The molecule has 1 aromatic heterocycles. The molecule has 2 rings (SSSR count). The SMILES string of the molecule is CNc1ccc(-c2ccccn2)cc1C(C=O)CN(C(=O)CN(C)C)C(C)C#N. The predicted molar refractivity (Wildman–Crippen MR) is 113 cm³/mol. The van der Waals surface area contributed by atoms with Crippen molar-refractivity contribution >= 4 is 17.9 Å². The van der Waals surface area contributed by atoms with E-state index in [0.717, 1.165) is 28.8 Å². The lowest BCUT2D eigenvalue weighted by molar-refractivity contribution is -0.133. The van der Waals surface area contributed by atoms with Gasteiger partial charge in [0, 0.05) is 31.0 Å². The zero-order valence-electron chi connectivity index (χ0n) is 17.3. The van der Waals surface area contributed by atoms with Gasteiger partial charge in [-0.2, -0.15) is 5.26 Å². The summed E-state index contributed by atoms with van der Waals surface area (Å²) in [6.07, 6.45) is 2.55. The Morgan fingerprint density at radius 2 is 2.07 bits per heavy atom. The molecule has 0 aliphatic rings. The number of nitrogens with one attached hydrogen (secondary N) is 1. The number of nitrogens with zero attached hydrogens (tertiary/aromatic N) is 4. The zero-order chi connectivity index (χ0) is 21.4. The maximum absolute atomic E-state index is 12.7. The highest BCUT2D eigenvalue weighted by atomic mass is 16.2. The van der Waals surface area contributed by atoms with E-state index < -0.39 is 12.0 Å². The van der Waals surface area contributed by atoms with Gasteiger partial charge in [-0.3, -0.25) is 9.78 Å². The summed E-state index contributed by atoms with van der Waals surface area (Å²) in [7, 11) is 5.37. The molecule has 1 amide bonds. The predicted octanol–water partition coefficient (Wildman–Crippen LogP) is 2.38. The Kier molecular flexibility index (Phi) is 7.87. The first-order valence-corrected chi connectivity index (χ1v) is 9.43. The number of hydrogen-bond donors (Lipinski definition) is 1. The van der Waals surface area contributed by atoms with Gasteiger partial charge in [-0.25, -0.2) is 0 Å². The van der Waals surface area contributed by atoms with E-state index in [1.807, 2.05) is 36.4 Å². The second-order valence-corrected chi connectivity index (χ2v) is 7.10. The first kappa shape index (κ1) is 22.1. The number of rotatable bonds is 9. The Balaban J connectivity index is 2.41. The van der Waals surface area contributed by atoms with Crippen molar-refractivity contribution < 1.29 is 9.59 Å². The molecule has 2 aromatic rings. The molecule has 2 unspecified atom stereocenters. The maximum Gasteiger partial charge on any atom is 0.237 e. The van der Waals surface area contributed by atoms with Crippen molar-refractivity contribution in [3.05, 3.63) is 48.2 Å². The fourth-order valence-electron chi connectivity index (χ4n) is 3.12. The quantitative estimate of drug-likeness (QED) is 0.658. The summed E-state index contributed by atoms with van der Waals surface area (Å²) in [6.45, 7) is 1.97. The molecular formula is C22H27N5O2. The molecule has 2 atom stereocenters. The van der Waals surface area contributed by atoms with Gasteiger partial charge in [0.05, 0.1) is 24.2 Å². The molecule has 1 heterocycles. The Hall–Kier alpha value is -3.24. The number of amides is 1. The standard InChI is InChI=1S/C22H27N5O2/c1-16(12-23)27(22(29)14-26(3)4)13-18(15-28)19-11-17(8-9-21(19)24-2)20-7-5-6-10-25-20/h5-11,15-16,18,24H,13-14H2,1-4H3. The van der Waals surface area contributed by atoms with E-state index in [9.17, 15) is 14.9 Å². The number of aromatic nitrogens is 1. The van der Waals surface area contributed by atoms with E-state index in [0.29, 0.717) is 0 Å². The summed E-state index contributed by atoms with van der Waals surface area (Å²) in [5.74, 6) is -0.772. The second-order valence-electron chi connectivity index (χ2n) is 7.10. The Morgan fingerprint density at radius 1 is 1.31 bits per heavy atom. The van der Waals surface area contributed by atoms with Crippen LogP contribution in [0.5, 0.6) is 0 Å². The highest BCUT2D eigenvalue weighted by molar-refractivity contribution is 5.80. The molecule has 0 saturated heterocycles. The Morgan fingerprint density at radius 3 is 2.62 bits per heavy atom. The summed E-state index contributed by atoms with van der Waals surface area (Å²) in [5.41, 5.74) is 3.24. The molecule has 7 heteroatoms. The second kappa shape index (κ2) is 10.3. The highest BCUT2D eigenvalue weighted by Gasteiger charge is 2.26. The van der Waals surface area contributed by atoms with Gasteiger partial charge in [-0.15, -0.1) is 0 Å². The molecule has 0 radical (unpaired) electrons. The number of carbonyl (C=O) groups excluding carboxylic acids is 2. The van der Waals surface area contributed by atoms with E-state index in [1.54, 1.807) is 39.2 Å². The van der Waals surface area contributed by atoms with E-state index in [4.69, 9.17) is 0 Å². The van der Waals surface area contributed by atoms with E-state index in [1.165, 1.54) is 4.90 Å². The largest absolute Gasteiger partial charge is 0.388 e. The smallest absolute Gasteiger partial charge is 0.237 e. The van der Waals surface area contributed by atoms with Crippen LogP contribution >= 0.6 is 0 Å². The number of nitriles is 1. The van der Waals surface area contributed by atoms with Gasteiger partial charge in [-0.05, 0) is 50.8 Å². The van der Waals surface area contributed by atoms with E-state index >= 15 is 0 Å². The molecular weight excluding hydrogens is 366 g/mol. The van der Waals surface area contributed by atoms with Gasteiger partial charge in [-0.1, -0.05) is 12.1 Å². The third-order valence-electron chi connectivity index (χ3n) is 4.66. The summed E-state index contributed by atoms with van der Waals surface area (Å²) in [4.78, 5) is 32.3. The van der Waals surface area contributed by atoms with Gasteiger partial charge in [0.25, 0.3) is 0 Å². The molecule has 0 aliphatic carbocycles. The highest BCUT2D eigenvalue weighted by Crippen LogP contribution is 2.29. The Labute approximate surface area is 172 Å². The van der Waals surface area contributed by atoms with Crippen molar-refractivity contribution in [2.45, 2.75) is 18.9 Å². The average Bonchev–Trinajstić information content (AvgIpc) is 2.73. The third-order valence-corrected chi connectivity index (χ3v) is 4.66. The van der Waals surface area contributed by atoms with Gasteiger partial charge in [0.2, 0.25) is 5.91 Å². The monoisotopic (exact) mass is 393 g/mol. The molecule has 0 fully saturated rings. The number of anilines is 1. The van der Waals surface area contributed by atoms with Gasteiger partial charge in [0.15, 0.2) is 0 Å². The molecule has 1 N–H and O–H groups in total. The van der Waals surface area contributed by atoms with Crippen LogP contribution in [-0.2, 0) is 9.59 Å². The maximum atomic E-state index is 12.7. The molecule has 0 aliphatic heterocycles. The van der Waals surface area contributed by atoms with Crippen molar-refractivity contribution in [2.24, 2.45) is 0 Å². The molecule has 0 saturated carbocycles. The van der Waals surface area contributed by atoms with Crippen LogP contribution in [-0.4, -0.2) is 67.3 Å². The fourth-order valence-corrected chi connectivity index (χ4v) is 3.12. The first-order valence-electron chi connectivity index (χ1n) is 9.43. The van der Waals surface area contributed by atoms with Crippen molar-refractivity contribution in [1.82, 2.24) is 14.8 Å². The average molecular weight is 393 g/mol. The van der Waals surface area contributed by atoms with Crippen LogP contribution in [0.4, 0.5) is 5.69 Å². The summed E-state index contributed by atoms with van der Waals surface area (Å²) in [5, 5.41) is 12.5. The summed E-state index contributed by atoms with van der Waals surface area (Å²) >= 11 is 0. The minimum Gasteiger partial charge on any atom is -0.388 e. The van der Waals surface area contributed by atoms with Gasteiger partial charge in [0.1, 0.15) is 12.3 Å². The van der Waals surface area contributed by atoms with Crippen LogP contribution < -0.4 is 5.32 Å². The number of carbonyl (C=O) groups is 2. The lowest BCUT2D eigenvalue weighted by Crippen LogP contribution is -2.45. The Bertz CT molecular complexity index is 877. The van der Waals surface area contributed by atoms with Crippen LogP contribution in [0.2, 0.25) is 0 Å². The van der Waals surface area contributed by atoms with Crippen LogP contribution in [0.3, 0.4) is 0 Å². The van der Waals surface area contributed by atoms with E-state index in [-0.39, 0.29) is 19.0 Å². The molecule has 0 bridgehead atoms. The topological polar surface area (TPSA) is 89.3 Å². The minimum atomic E-state index is -0.637. The molecule has 152 valence electrons. The van der Waals surface area contributed by atoms with Crippen molar-refractivity contribution in [2.75, 3.05) is 39.5 Å². The van der Waals surface area contributed by atoms with Crippen LogP contribution in [0.15, 0.2) is 42.6 Å². The van der Waals surface area contributed by atoms with Gasteiger partial charge >= 0.3 is 0 Å². The zero-order valence-corrected chi connectivity index (χ0v) is 17.3. The van der Waals surface area contributed by atoms with Crippen LogP contribution in [0.25, 0.3) is 11.3 Å². The van der Waals surface area contributed by atoms with Crippen molar-refractivity contribution in [3.8, 4) is 17.3 Å². The molecule has 1 aromatic carbocycles. The lowest BCUT2D eigenvalue weighted by atomic mass is 9.94. The summed E-state index contributed by atoms with van der Waals surface area (Å²) in [6, 6.07) is 12.9. The minimum absolute atomic E-state index is 0.130. The first-order chi connectivity index (χ1) is 13.9. The fraction of sp³-hybridized carbons (Fsp3) is 0.364. The van der Waals surface area contributed by atoms with Crippen LogP contribution in [0, 0.1) is 11.3 Å². The van der Waals surface area contributed by atoms with E-state index in [2.05, 4.69) is 16.4 Å².